The molecular formula is C22H18N6O5S. The summed E-state index contributed by atoms with van der Waals surface area (Å²) < 4.78 is 6.57. The maximum absolute atomic E-state index is 12.8. The van der Waals surface area contributed by atoms with Crippen molar-refractivity contribution >= 4 is 17.6 Å². The van der Waals surface area contributed by atoms with Crippen LogP contribution in [-0.2, 0) is 4.74 Å². The number of hydrogen-bond donors (Lipinski definition) is 4. The van der Waals surface area contributed by atoms with Crippen LogP contribution < -0.4 is 17.0 Å². The first-order valence-electron chi connectivity index (χ1n) is 10.0. The zero-order valence-electron chi connectivity index (χ0n) is 17.5. The molecule has 0 radical (unpaired) electrons. The Hall–Kier alpha value is -3.94. The molecule has 34 heavy (non-hydrogen) atoms. The third kappa shape index (κ3) is 4.19. The summed E-state index contributed by atoms with van der Waals surface area (Å²) in [6, 6.07) is 12.9. The number of aromatic amines is 1. The molecule has 1 unspecified atom stereocenters. The summed E-state index contributed by atoms with van der Waals surface area (Å²) >= 11 is 1.13. The molecule has 172 valence electrons. The molecule has 12 heteroatoms. The summed E-state index contributed by atoms with van der Waals surface area (Å²) in [5.74, 6) is -0.181. The molecule has 0 aliphatic carbocycles. The highest BCUT2D eigenvalue weighted by Gasteiger charge is 2.35. The van der Waals surface area contributed by atoms with Gasteiger partial charge < -0.3 is 20.7 Å². The van der Waals surface area contributed by atoms with E-state index in [1.54, 1.807) is 24.3 Å². The predicted octanol–water partition coefficient (Wildman–Crippen LogP) is 0.716. The minimum absolute atomic E-state index is 0.0135. The molecule has 5 N–H and O–H groups in total. The molecule has 1 fully saturated rings. The highest BCUT2D eigenvalue weighted by Crippen LogP contribution is 2.37. The van der Waals surface area contributed by atoms with Crippen LogP contribution in [0, 0.1) is 22.7 Å². The molecule has 3 heterocycles. The fraction of sp³-hybridized carbons (Fsp3) is 0.227. The van der Waals surface area contributed by atoms with Gasteiger partial charge in [-0.1, -0.05) is 30.0 Å². The van der Waals surface area contributed by atoms with Crippen LogP contribution in [0.25, 0.3) is 11.1 Å². The number of nitriles is 2. The van der Waals surface area contributed by atoms with Crippen molar-refractivity contribution in [2.24, 2.45) is 0 Å². The van der Waals surface area contributed by atoms with Gasteiger partial charge in [0.05, 0.1) is 23.8 Å². The standard InChI is InChI=1S/C22H18N6O5S/c23-7-12-18(13(8-24)21(26-19(12)25)34-11-4-2-1-3-5-11)14-9-28(22(32)27-20(14)31)17-6-15(30)16(10-29)33-17/h1-5,9,15-17,29-30H,6,10H2,(H2,25,26)(H,27,31,32)/t15?,16-,17-/m1/s1. The number of aromatic nitrogens is 3. The van der Waals surface area contributed by atoms with E-state index in [1.165, 1.54) is 0 Å². The van der Waals surface area contributed by atoms with Crippen LogP contribution in [0.1, 0.15) is 23.8 Å². The molecule has 3 aromatic rings. The van der Waals surface area contributed by atoms with E-state index < -0.39 is 36.3 Å². The fourth-order valence-corrected chi connectivity index (χ4v) is 4.58. The van der Waals surface area contributed by atoms with Gasteiger partial charge in [-0.05, 0) is 12.1 Å². The van der Waals surface area contributed by atoms with Crippen molar-refractivity contribution < 1.29 is 14.9 Å². The first-order chi connectivity index (χ1) is 16.4. The normalized spacial score (nSPS) is 19.5. The monoisotopic (exact) mass is 478 g/mol. The summed E-state index contributed by atoms with van der Waals surface area (Å²) in [5.41, 5.74) is 3.88. The van der Waals surface area contributed by atoms with Crippen LogP contribution in [0.15, 0.2) is 56.0 Å². The zero-order valence-corrected chi connectivity index (χ0v) is 18.3. The Kier molecular flexibility index (Phi) is 6.49. The molecular weight excluding hydrogens is 460 g/mol. The molecule has 1 aliphatic heterocycles. The number of nitrogens with two attached hydrogens (primary N) is 1. The summed E-state index contributed by atoms with van der Waals surface area (Å²) in [6.45, 7) is -0.458. The molecule has 1 aliphatic rings. The van der Waals surface area contributed by atoms with Crippen molar-refractivity contribution in [2.75, 3.05) is 12.3 Å². The topological polar surface area (TPSA) is 191 Å². The maximum atomic E-state index is 12.8. The van der Waals surface area contributed by atoms with Crippen LogP contribution in [0.4, 0.5) is 5.82 Å². The number of hydrogen-bond acceptors (Lipinski definition) is 10. The lowest BCUT2D eigenvalue weighted by molar-refractivity contribution is -0.0458. The van der Waals surface area contributed by atoms with Crippen molar-refractivity contribution in [1.29, 1.82) is 10.5 Å². The highest BCUT2D eigenvalue weighted by atomic mass is 32.2. The Bertz CT molecular complexity index is 1440. The molecule has 4 rings (SSSR count). The number of aliphatic hydroxyl groups is 2. The number of nitrogen functional groups attached to an aromatic ring is 1. The van der Waals surface area contributed by atoms with E-state index >= 15 is 0 Å². The molecule has 1 aromatic carbocycles. The average molecular weight is 478 g/mol. The number of ether oxygens (including phenoxy) is 1. The van der Waals surface area contributed by atoms with Gasteiger partial charge in [-0.3, -0.25) is 14.3 Å². The van der Waals surface area contributed by atoms with Gasteiger partial charge >= 0.3 is 5.69 Å². The molecule has 0 saturated carbocycles. The molecule has 0 amide bonds. The number of nitrogens with zero attached hydrogens (tertiary/aromatic N) is 4. The second-order valence-electron chi connectivity index (χ2n) is 7.39. The van der Waals surface area contributed by atoms with Crippen LogP contribution in [0.2, 0.25) is 0 Å². The fourth-order valence-electron chi connectivity index (χ4n) is 3.67. The van der Waals surface area contributed by atoms with Crippen molar-refractivity contribution in [3.05, 3.63) is 68.5 Å². The van der Waals surface area contributed by atoms with Crippen molar-refractivity contribution in [1.82, 2.24) is 14.5 Å². The SMILES string of the molecule is N#Cc1c(N)nc(Sc2ccccc2)c(C#N)c1-c1cn([C@H]2CC(O)[C@@H](CO)O2)c(=O)[nH]c1=O. The molecule has 2 aromatic heterocycles. The van der Waals surface area contributed by atoms with Gasteiger partial charge in [0.15, 0.2) is 0 Å². The second-order valence-corrected chi connectivity index (χ2v) is 8.45. The van der Waals surface area contributed by atoms with Crippen LogP contribution in [-0.4, -0.2) is 43.6 Å². The number of nitrogens with one attached hydrogen (secondary N) is 1. The Balaban J connectivity index is 1.92. The van der Waals surface area contributed by atoms with E-state index in [4.69, 9.17) is 10.5 Å². The van der Waals surface area contributed by atoms with E-state index in [-0.39, 0.29) is 39.5 Å². The van der Waals surface area contributed by atoms with Crippen LogP contribution in [0.5, 0.6) is 0 Å². The zero-order chi connectivity index (χ0) is 24.4. The van der Waals surface area contributed by atoms with Gasteiger partial charge in [0, 0.05) is 23.1 Å². The number of H-pyrrole nitrogens is 1. The molecule has 3 atom stereocenters. The van der Waals surface area contributed by atoms with Gasteiger partial charge in [-0.2, -0.15) is 10.5 Å². The van der Waals surface area contributed by atoms with Crippen molar-refractivity contribution in [3.63, 3.8) is 0 Å². The summed E-state index contributed by atoms with van der Waals surface area (Å²) in [7, 11) is 0. The molecule has 1 saturated heterocycles. The largest absolute Gasteiger partial charge is 0.394 e. The molecule has 0 bridgehead atoms. The molecule has 11 nitrogen and oxygen atoms in total. The third-order valence-corrected chi connectivity index (χ3v) is 6.30. The first kappa shape index (κ1) is 23.2. The highest BCUT2D eigenvalue weighted by molar-refractivity contribution is 7.99. The van der Waals surface area contributed by atoms with Crippen LogP contribution >= 0.6 is 11.8 Å². The number of benzene rings is 1. The summed E-state index contributed by atoms with van der Waals surface area (Å²) in [5, 5.41) is 39.3. The summed E-state index contributed by atoms with van der Waals surface area (Å²) in [6.07, 6.45) is -1.76. The lowest BCUT2D eigenvalue weighted by Crippen LogP contribution is -2.33. The summed E-state index contributed by atoms with van der Waals surface area (Å²) in [4.78, 5) is 32.5. The minimum atomic E-state index is -1.02. The van der Waals surface area contributed by atoms with Crippen molar-refractivity contribution in [2.45, 2.75) is 34.8 Å². The quantitative estimate of drug-likeness (QED) is 0.406. The van der Waals surface area contributed by atoms with E-state index in [9.17, 15) is 30.3 Å². The smallest absolute Gasteiger partial charge is 0.330 e. The van der Waals surface area contributed by atoms with Gasteiger partial charge in [-0.25, -0.2) is 9.78 Å². The Morgan fingerprint density at radius 3 is 2.56 bits per heavy atom. The number of pyridine rings is 1. The van der Waals surface area contributed by atoms with Crippen molar-refractivity contribution in [3.8, 4) is 23.3 Å². The lowest BCUT2D eigenvalue weighted by Gasteiger charge is -2.17. The van der Waals surface area contributed by atoms with Gasteiger partial charge in [-0.15, -0.1) is 0 Å². The lowest BCUT2D eigenvalue weighted by atomic mass is 9.99. The third-order valence-electron chi connectivity index (χ3n) is 5.30. The minimum Gasteiger partial charge on any atom is -0.394 e. The Labute approximate surface area is 196 Å². The number of aliphatic hydroxyl groups excluding tert-OH is 2. The van der Waals surface area contributed by atoms with Gasteiger partial charge in [0.1, 0.15) is 40.9 Å². The van der Waals surface area contributed by atoms with E-state index in [0.29, 0.717) is 0 Å². The predicted molar refractivity (Wildman–Crippen MR) is 121 cm³/mol. The number of rotatable bonds is 5. The number of anilines is 1. The van der Waals surface area contributed by atoms with E-state index in [2.05, 4.69) is 9.97 Å². The van der Waals surface area contributed by atoms with E-state index in [0.717, 1.165) is 27.4 Å². The average Bonchev–Trinajstić information content (AvgIpc) is 3.20. The van der Waals surface area contributed by atoms with Gasteiger partial charge in [0.2, 0.25) is 0 Å². The Morgan fingerprint density at radius 1 is 1.24 bits per heavy atom. The molecule has 0 spiro atoms. The second kappa shape index (κ2) is 9.51. The van der Waals surface area contributed by atoms with Gasteiger partial charge in [0.25, 0.3) is 5.56 Å². The van der Waals surface area contributed by atoms with Crippen LogP contribution in [0.3, 0.4) is 0 Å². The Morgan fingerprint density at radius 2 is 1.94 bits per heavy atom. The first-order valence-corrected chi connectivity index (χ1v) is 10.9. The van der Waals surface area contributed by atoms with E-state index in [1.807, 2.05) is 18.2 Å². The maximum Gasteiger partial charge on any atom is 0.330 e.